The predicted molar refractivity (Wildman–Crippen MR) is 242 cm³/mol. The minimum absolute atomic E-state index is 0.122. The minimum Gasteiger partial charge on any atom is -0.455 e. The molecular weight excluding hydrogens is 707 g/mol. The van der Waals surface area contributed by atoms with E-state index in [4.69, 9.17) is 8.83 Å². The van der Waals surface area contributed by atoms with E-state index in [0.717, 1.165) is 88.6 Å². The van der Waals surface area contributed by atoms with Gasteiger partial charge in [0.15, 0.2) is 0 Å². The average molecular weight is 744 g/mol. The summed E-state index contributed by atoms with van der Waals surface area (Å²) in [6.45, 7) is 4.69. The fourth-order valence-corrected chi connectivity index (χ4v) is 9.66. The Labute approximate surface area is 336 Å². The van der Waals surface area contributed by atoms with Crippen LogP contribution in [0.15, 0.2) is 197 Å². The number of para-hydroxylation sites is 3. The van der Waals surface area contributed by atoms with E-state index in [1.165, 1.54) is 27.6 Å². The molecule has 1 aliphatic rings. The molecule has 0 aliphatic heterocycles. The van der Waals surface area contributed by atoms with E-state index >= 15 is 0 Å². The lowest BCUT2D eigenvalue weighted by Gasteiger charge is -2.29. The van der Waals surface area contributed by atoms with E-state index in [-0.39, 0.29) is 5.41 Å². The highest BCUT2D eigenvalue weighted by atomic mass is 16.3. The average Bonchev–Trinajstić information content (AvgIpc) is 3.93. The fourth-order valence-electron chi connectivity index (χ4n) is 9.66. The molecule has 274 valence electrons. The summed E-state index contributed by atoms with van der Waals surface area (Å²) < 4.78 is 13.2. The highest BCUT2D eigenvalue weighted by molar-refractivity contribution is 6.17. The van der Waals surface area contributed by atoms with Gasteiger partial charge in [-0.15, -0.1) is 0 Å². The van der Waals surface area contributed by atoms with Crippen molar-refractivity contribution in [2.24, 2.45) is 0 Å². The molecule has 3 nitrogen and oxygen atoms in total. The largest absolute Gasteiger partial charge is 0.455 e. The lowest BCUT2D eigenvalue weighted by atomic mass is 9.82. The maximum Gasteiger partial charge on any atom is 0.143 e. The number of nitrogens with zero attached hydrogens (tertiary/aromatic N) is 1. The highest BCUT2D eigenvalue weighted by Crippen LogP contribution is 2.54. The maximum atomic E-state index is 6.75. The van der Waals surface area contributed by atoms with Crippen LogP contribution in [0, 0.1) is 0 Å². The Bertz CT molecular complexity index is 3420. The van der Waals surface area contributed by atoms with Crippen LogP contribution in [0.1, 0.15) is 25.0 Å². The molecule has 1 aliphatic carbocycles. The highest BCUT2D eigenvalue weighted by Gasteiger charge is 2.37. The lowest BCUT2D eigenvalue weighted by molar-refractivity contribution is 0.660. The molecule has 11 aromatic rings. The molecule has 0 bridgehead atoms. The number of rotatable bonds is 5. The van der Waals surface area contributed by atoms with Gasteiger partial charge in [-0.3, -0.25) is 0 Å². The predicted octanol–water partition coefficient (Wildman–Crippen LogP) is 15.7. The zero-order valence-electron chi connectivity index (χ0n) is 32.2. The molecule has 12 rings (SSSR count). The standard InChI is InChI=1S/C55H37NO2/c1-55(2)47-20-7-5-15-46(47)51-48(55)21-11-22-49(51)56(37-29-24-35(25-30-37)40-16-9-18-43-42-14-6-8-23-50(42)57-52(40)43)38-31-26-36(27-32-38)41-17-10-19-44-45-33-28-34-12-3-4-13-39(34)54(45)58-53(41)44/h3-33H,1-2H3. The van der Waals surface area contributed by atoms with Crippen LogP contribution in [-0.4, -0.2) is 0 Å². The van der Waals surface area contributed by atoms with Gasteiger partial charge in [-0.25, -0.2) is 0 Å². The number of hydrogen-bond acceptors (Lipinski definition) is 3. The molecule has 0 amide bonds. The van der Waals surface area contributed by atoms with E-state index in [0.29, 0.717) is 0 Å². The Morgan fingerprint density at radius 3 is 1.66 bits per heavy atom. The van der Waals surface area contributed by atoms with E-state index in [9.17, 15) is 0 Å². The summed E-state index contributed by atoms with van der Waals surface area (Å²) in [4.78, 5) is 2.42. The van der Waals surface area contributed by atoms with Gasteiger partial charge in [-0.1, -0.05) is 159 Å². The molecule has 0 atom stereocenters. The minimum atomic E-state index is -0.122. The van der Waals surface area contributed by atoms with E-state index in [2.05, 4.69) is 195 Å². The first-order valence-corrected chi connectivity index (χ1v) is 20.0. The second-order valence-electron chi connectivity index (χ2n) is 16.0. The van der Waals surface area contributed by atoms with Crippen LogP contribution in [0.25, 0.3) is 88.0 Å². The van der Waals surface area contributed by atoms with Crippen molar-refractivity contribution in [2.75, 3.05) is 4.90 Å². The van der Waals surface area contributed by atoms with E-state index in [1.54, 1.807) is 0 Å². The molecular formula is C55H37NO2. The van der Waals surface area contributed by atoms with Crippen molar-refractivity contribution in [3.63, 3.8) is 0 Å². The van der Waals surface area contributed by atoms with Crippen molar-refractivity contribution in [1.29, 1.82) is 0 Å². The maximum absolute atomic E-state index is 6.75. The second-order valence-corrected chi connectivity index (χ2v) is 16.0. The topological polar surface area (TPSA) is 29.5 Å². The molecule has 0 radical (unpaired) electrons. The van der Waals surface area contributed by atoms with Gasteiger partial charge >= 0.3 is 0 Å². The van der Waals surface area contributed by atoms with Gasteiger partial charge in [0.1, 0.15) is 22.3 Å². The zero-order valence-corrected chi connectivity index (χ0v) is 32.2. The second kappa shape index (κ2) is 12.3. The van der Waals surface area contributed by atoms with Gasteiger partial charge < -0.3 is 13.7 Å². The Kier molecular flexibility index (Phi) is 6.98. The molecule has 0 spiro atoms. The molecule has 0 N–H and O–H groups in total. The van der Waals surface area contributed by atoms with Gasteiger partial charge in [0.2, 0.25) is 0 Å². The molecule has 9 aromatic carbocycles. The van der Waals surface area contributed by atoms with Crippen molar-refractivity contribution in [3.05, 3.63) is 199 Å². The summed E-state index contributed by atoms with van der Waals surface area (Å²) in [6, 6.07) is 67.6. The van der Waals surface area contributed by atoms with Crippen LogP contribution < -0.4 is 4.90 Å². The molecule has 2 aromatic heterocycles. The first kappa shape index (κ1) is 32.8. The Morgan fingerprint density at radius 2 is 0.914 bits per heavy atom. The third-order valence-corrected chi connectivity index (χ3v) is 12.5. The number of anilines is 3. The van der Waals surface area contributed by atoms with Gasteiger partial charge in [-0.2, -0.15) is 0 Å². The molecule has 58 heavy (non-hydrogen) atoms. The van der Waals surface area contributed by atoms with Crippen molar-refractivity contribution in [2.45, 2.75) is 19.3 Å². The van der Waals surface area contributed by atoms with Crippen LogP contribution in [0.4, 0.5) is 17.1 Å². The first-order valence-electron chi connectivity index (χ1n) is 20.0. The van der Waals surface area contributed by atoms with Crippen molar-refractivity contribution in [1.82, 2.24) is 0 Å². The van der Waals surface area contributed by atoms with Gasteiger partial charge in [0.25, 0.3) is 0 Å². The van der Waals surface area contributed by atoms with Gasteiger partial charge in [0.05, 0.1) is 5.69 Å². The van der Waals surface area contributed by atoms with Crippen molar-refractivity contribution in [3.8, 4) is 33.4 Å². The number of benzene rings is 9. The van der Waals surface area contributed by atoms with Crippen LogP contribution >= 0.6 is 0 Å². The van der Waals surface area contributed by atoms with Gasteiger partial charge in [0, 0.05) is 60.4 Å². The fraction of sp³-hybridized carbons (Fsp3) is 0.0545. The molecule has 2 heterocycles. The van der Waals surface area contributed by atoms with E-state index in [1.807, 2.05) is 12.1 Å². The Balaban J connectivity index is 1.01. The van der Waals surface area contributed by atoms with Crippen LogP contribution in [0.3, 0.4) is 0 Å². The summed E-state index contributed by atoms with van der Waals surface area (Å²) in [5.41, 5.74) is 16.5. The zero-order chi connectivity index (χ0) is 38.5. The summed E-state index contributed by atoms with van der Waals surface area (Å²) in [5, 5.41) is 6.85. The molecule has 0 unspecified atom stereocenters. The first-order chi connectivity index (χ1) is 28.5. The van der Waals surface area contributed by atoms with Crippen LogP contribution in [0.2, 0.25) is 0 Å². The lowest BCUT2D eigenvalue weighted by Crippen LogP contribution is -2.16. The summed E-state index contributed by atoms with van der Waals surface area (Å²) in [6.07, 6.45) is 0. The molecule has 0 fully saturated rings. The Hall–Kier alpha value is -7.36. The third kappa shape index (κ3) is 4.74. The summed E-state index contributed by atoms with van der Waals surface area (Å²) in [7, 11) is 0. The SMILES string of the molecule is CC1(C)c2ccccc2-c2c(N(c3ccc(-c4cccc5c4oc4ccccc45)cc3)c3ccc(-c4cccc5c4oc4c6ccccc6ccc54)cc3)cccc21. The smallest absolute Gasteiger partial charge is 0.143 e. The summed E-state index contributed by atoms with van der Waals surface area (Å²) in [5.74, 6) is 0. The normalized spacial score (nSPS) is 13.1. The quantitative estimate of drug-likeness (QED) is 0.176. The number of furan rings is 2. The Morgan fingerprint density at radius 1 is 0.379 bits per heavy atom. The van der Waals surface area contributed by atoms with E-state index < -0.39 is 0 Å². The third-order valence-electron chi connectivity index (χ3n) is 12.5. The van der Waals surface area contributed by atoms with Crippen molar-refractivity contribution < 1.29 is 8.83 Å². The van der Waals surface area contributed by atoms with Gasteiger partial charge in [-0.05, 0) is 75.7 Å². The van der Waals surface area contributed by atoms with Crippen molar-refractivity contribution >= 4 is 71.7 Å². The monoisotopic (exact) mass is 743 g/mol. The van der Waals surface area contributed by atoms with Crippen LogP contribution in [-0.2, 0) is 5.41 Å². The number of hydrogen-bond donors (Lipinski definition) is 0. The molecule has 3 heteroatoms. The molecule has 0 saturated heterocycles. The molecule has 0 saturated carbocycles. The number of fused-ring (bicyclic) bond motifs is 11. The summed E-state index contributed by atoms with van der Waals surface area (Å²) >= 11 is 0. The van der Waals surface area contributed by atoms with Crippen LogP contribution in [0.5, 0.6) is 0 Å².